The van der Waals surface area contributed by atoms with Crippen LogP contribution in [-0.4, -0.2) is 20.1 Å². The molecular formula is C25H19Br2ClN2O4. The number of hydrogen-bond donors (Lipinski definition) is 1. The molecule has 1 amide bonds. The fourth-order valence-electron chi connectivity index (χ4n) is 2.98. The fourth-order valence-corrected chi connectivity index (χ4v) is 3.99. The van der Waals surface area contributed by atoms with Crippen molar-refractivity contribution in [2.75, 3.05) is 19.5 Å². The SMILES string of the molecule is COc1ccc(Cl)cc1NC(=O)/C(C#N)=C/c1cc(Br)c(OCc2ccc(Br)cc2)c(OC)c1. The number of nitrogens with zero attached hydrogens (tertiary/aromatic N) is 1. The molecular weight excluding hydrogens is 588 g/mol. The van der Waals surface area contributed by atoms with Crippen LogP contribution in [0, 0.1) is 11.3 Å². The van der Waals surface area contributed by atoms with Crippen molar-refractivity contribution in [2.24, 2.45) is 0 Å². The average Bonchev–Trinajstić information content (AvgIpc) is 2.82. The average molecular weight is 607 g/mol. The molecule has 0 saturated carbocycles. The smallest absolute Gasteiger partial charge is 0.266 e. The summed E-state index contributed by atoms with van der Waals surface area (Å²) >= 11 is 12.9. The lowest BCUT2D eigenvalue weighted by Crippen LogP contribution is -2.14. The van der Waals surface area contributed by atoms with E-state index >= 15 is 0 Å². The van der Waals surface area contributed by atoms with Gasteiger partial charge in [0.15, 0.2) is 11.5 Å². The molecule has 9 heteroatoms. The number of carbonyl (C=O) groups excluding carboxylic acids is 1. The number of hydrogen-bond acceptors (Lipinski definition) is 5. The largest absolute Gasteiger partial charge is 0.495 e. The molecule has 0 radical (unpaired) electrons. The number of nitriles is 1. The van der Waals surface area contributed by atoms with Crippen LogP contribution in [0.3, 0.4) is 0 Å². The van der Waals surface area contributed by atoms with Crippen LogP contribution in [0.4, 0.5) is 5.69 Å². The standard InChI is InChI=1S/C25H19Br2ClN2O4/c1-32-22-8-7-19(28)12-21(22)30-25(31)17(13-29)9-16-10-20(27)24(23(11-16)33-2)34-14-15-3-5-18(26)6-4-15/h3-12H,14H2,1-2H3,(H,30,31)/b17-9+. The van der Waals surface area contributed by atoms with E-state index < -0.39 is 5.91 Å². The lowest BCUT2D eigenvalue weighted by Gasteiger charge is -2.14. The summed E-state index contributed by atoms with van der Waals surface area (Å²) in [6, 6.07) is 17.9. The van der Waals surface area contributed by atoms with Gasteiger partial charge >= 0.3 is 0 Å². The molecule has 0 atom stereocenters. The van der Waals surface area contributed by atoms with Crippen molar-refractivity contribution in [3.8, 4) is 23.3 Å². The van der Waals surface area contributed by atoms with Gasteiger partial charge in [0.1, 0.15) is 24.0 Å². The maximum absolute atomic E-state index is 12.7. The van der Waals surface area contributed by atoms with Crippen LogP contribution in [0.15, 0.2) is 69.1 Å². The normalized spacial score (nSPS) is 10.9. The Balaban J connectivity index is 1.83. The lowest BCUT2D eigenvalue weighted by atomic mass is 10.1. The van der Waals surface area contributed by atoms with Crippen LogP contribution in [0.5, 0.6) is 17.2 Å². The predicted molar refractivity (Wildman–Crippen MR) is 139 cm³/mol. The number of halogens is 3. The molecule has 0 aliphatic rings. The van der Waals surface area contributed by atoms with Crippen molar-refractivity contribution >= 4 is 61.1 Å². The van der Waals surface area contributed by atoms with Crippen LogP contribution in [0.25, 0.3) is 6.08 Å². The summed E-state index contributed by atoms with van der Waals surface area (Å²) < 4.78 is 18.3. The maximum Gasteiger partial charge on any atom is 0.266 e. The molecule has 3 rings (SSSR count). The lowest BCUT2D eigenvalue weighted by molar-refractivity contribution is -0.112. The van der Waals surface area contributed by atoms with Gasteiger partial charge in [-0.3, -0.25) is 4.79 Å². The second-order valence-corrected chi connectivity index (χ2v) is 9.12. The minimum Gasteiger partial charge on any atom is -0.495 e. The number of methoxy groups -OCH3 is 2. The number of rotatable bonds is 8. The molecule has 0 aliphatic carbocycles. The molecule has 6 nitrogen and oxygen atoms in total. The predicted octanol–water partition coefficient (Wildman–Crippen LogP) is 7.01. The summed E-state index contributed by atoms with van der Waals surface area (Å²) in [5, 5.41) is 12.7. The third-order valence-corrected chi connectivity index (χ3v) is 5.99. The van der Waals surface area contributed by atoms with Gasteiger partial charge in [0, 0.05) is 9.50 Å². The Bertz CT molecular complexity index is 1270. The minimum absolute atomic E-state index is 0.112. The number of ether oxygens (including phenoxy) is 3. The second kappa shape index (κ2) is 11.9. The van der Waals surface area contributed by atoms with E-state index in [0.717, 1.165) is 10.0 Å². The van der Waals surface area contributed by atoms with Gasteiger partial charge in [-0.2, -0.15) is 5.26 Å². The Morgan fingerprint density at radius 1 is 1.06 bits per heavy atom. The highest BCUT2D eigenvalue weighted by molar-refractivity contribution is 9.10. The monoisotopic (exact) mass is 604 g/mol. The zero-order valence-electron chi connectivity index (χ0n) is 18.2. The van der Waals surface area contributed by atoms with Gasteiger partial charge in [0.2, 0.25) is 0 Å². The second-order valence-electron chi connectivity index (χ2n) is 6.92. The molecule has 174 valence electrons. The molecule has 0 saturated heterocycles. The number of amides is 1. The Morgan fingerprint density at radius 3 is 2.41 bits per heavy atom. The highest BCUT2D eigenvalue weighted by atomic mass is 79.9. The first kappa shape index (κ1) is 25.6. The highest BCUT2D eigenvalue weighted by Gasteiger charge is 2.16. The van der Waals surface area contributed by atoms with Crippen LogP contribution >= 0.6 is 43.5 Å². The molecule has 3 aromatic rings. The van der Waals surface area contributed by atoms with Crippen LogP contribution in [0.1, 0.15) is 11.1 Å². The fraction of sp³-hybridized carbons (Fsp3) is 0.120. The highest BCUT2D eigenvalue weighted by Crippen LogP contribution is 2.38. The third-order valence-electron chi connectivity index (χ3n) is 4.63. The van der Waals surface area contributed by atoms with E-state index in [9.17, 15) is 10.1 Å². The van der Waals surface area contributed by atoms with Gasteiger partial charge in [-0.25, -0.2) is 0 Å². The van der Waals surface area contributed by atoms with Crippen molar-refractivity contribution < 1.29 is 19.0 Å². The molecule has 0 unspecified atom stereocenters. The third kappa shape index (κ3) is 6.54. The van der Waals surface area contributed by atoms with Gasteiger partial charge in [-0.1, -0.05) is 39.7 Å². The number of nitrogens with one attached hydrogen (secondary N) is 1. The molecule has 0 heterocycles. The van der Waals surface area contributed by atoms with E-state index in [2.05, 4.69) is 37.2 Å². The molecule has 34 heavy (non-hydrogen) atoms. The van der Waals surface area contributed by atoms with E-state index in [-0.39, 0.29) is 5.57 Å². The topological polar surface area (TPSA) is 80.6 Å². The van der Waals surface area contributed by atoms with E-state index in [1.807, 2.05) is 30.3 Å². The van der Waals surface area contributed by atoms with Crippen LogP contribution in [0.2, 0.25) is 5.02 Å². The summed E-state index contributed by atoms with van der Waals surface area (Å²) in [6.45, 7) is 0.338. The zero-order chi connectivity index (χ0) is 24.7. The van der Waals surface area contributed by atoms with Crippen LogP contribution < -0.4 is 19.5 Å². The summed E-state index contributed by atoms with van der Waals surface area (Å²) in [4.78, 5) is 12.7. The summed E-state index contributed by atoms with van der Waals surface area (Å²) in [6.07, 6.45) is 1.46. The number of benzene rings is 3. The summed E-state index contributed by atoms with van der Waals surface area (Å²) in [7, 11) is 3.00. The molecule has 1 N–H and O–H groups in total. The maximum atomic E-state index is 12.7. The van der Waals surface area contributed by atoms with Crippen molar-refractivity contribution in [3.05, 3.63) is 85.3 Å². The molecule has 0 fully saturated rings. The zero-order valence-corrected chi connectivity index (χ0v) is 22.1. The van der Waals surface area contributed by atoms with E-state index in [1.54, 1.807) is 30.3 Å². The van der Waals surface area contributed by atoms with Gasteiger partial charge < -0.3 is 19.5 Å². The Labute approximate surface area is 219 Å². The number of anilines is 1. The molecule has 0 spiro atoms. The Kier molecular flexibility index (Phi) is 8.99. The van der Waals surface area contributed by atoms with Gasteiger partial charge in [0.25, 0.3) is 5.91 Å². The van der Waals surface area contributed by atoms with Crippen molar-refractivity contribution in [2.45, 2.75) is 6.61 Å². The first-order valence-corrected chi connectivity index (χ1v) is 11.8. The van der Waals surface area contributed by atoms with Crippen molar-refractivity contribution in [1.29, 1.82) is 5.26 Å². The molecule has 0 bridgehead atoms. The quantitative estimate of drug-likeness (QED) is 0.221. The Morgan fingerprint density at radius 2 is 1.76 bits per heavy atom. The Hall–Kier alpha value is -2.99. The minimum atomic E-state index is -0.603. The van der Waals surface area contributed by atoms with Gasteiger partial charge in [-0.15, -0.1) is 0 Å². The van der Waals surface area contributed by atoms with Crippen LogP contribution in [-0.2, 0) is 11.4 Å². The molecule has 0 aliphatic heterocycles. The van der Waals surface area contributed by atoms with E-state index in [0.29, 0.717) is 44.6 Å². The number of carbonyl (C=O) groups is 1. The summed E-state index contributed by atoms with van der Waals surface area (Å²) in [5.41, 5.74) is 1.81. The first-order valence-electron chi connectivity index (χ1n) is 9.86. The summed E-state index contributed by atoms with van der Waals surface area (Å²) in [5.74, 6) is 0.779. The van der Waals surface area contributed by atoms with E-state index in [4.69, 9.17) is 25.8 Å². The first-order chi connectivity index (χ1) is 16.3. The van der Waals surface area contributed by atoms with E-state index in [1.165, 1.54) is 20.3 Å². The van der Waals surface area contributed by atoms with Gasteiger partial charge in [-0.05, 0) is 75.6 Å². The van der Waals surface area contributed by atoms with Crippen molar-refractivity contribution in [1.82, 2.24) is 0 Å². The molecule has 3 aromatic carbocycles. The van der Waals surface area contributed by atoms with Gasteiger partial charge in [0.05, 0.1) is 24.4 Å². The molecule has 0 aromatic heterocycles. The van der Waals surface area contributed by atoms with Crippen molar-refractivity contribution in [3.63, 3.8) is 0 Å².